The van der Waals surface area contributed by atoms with Gasteiger partial charge in [0.25, 0.3) is 5.91 Å². The number of ether oxygens (including phenoxy) is 1. The van der Waals surface area contributed by atoms with Crippen LogP contribution in [0.4, 0.5) is 5.69 Å². The van der Waals surface area contributed by atoms with E-state index >= 15 is 0 Å². The number of carbonyl (C=O) groups is 1. The predicted molar refractivity (Wildman–Crippen MR) is 116 cm³/mol. The highest BCUT2D eigenvalue weighted by Gasteiger charge is 2.16. The van der Waals surface area contributed by atoms with Crippen LogP contribution in [0.25, 0.3) is 22.2 Å². The van der Waals surface area contributed by atoms with E-state index in [0.717, 1.165) is 22.0 Å². The smallest absolute Gasteiger partial charge is 0.256 e. The van der Waals surface area contributed by atoms with Crippen LogP contribution in [0.2, 0.25) is 5.02 Å². The van der Waals surface area contributed by atoms with Crippen molar-refractivity contribution in [3.63, 3.8) is 0 Å². The molecule has 0 saturated carbocycles. The van der Waals surface area contributed by atoms with Crippen LogP contribution in [-0.4, -0.2) is 23.0 Å². The van der Waals surface area contributed by atoms with Crippen molar-refractivity contribution >= 4 is 34.1 Å². The second-order valence-electron chi connectivity index (χ2n) is 6.57. The van der Waals surface area contributed by atoms with Gasteiger partial charge in [0.05, 0.1) is 29.6 Å². The topological polar surface area (TPSA) is 64.1 Å². The van der Waals surface area contributed by atoms with Gasteiger partial charge in [0.1, 0.15) is 5.75 Å². The first-order valence-electron chi connectivity index (χ1n) is 9.02. The monoisotopic (exact) mass is 403 g/mol. The molecule has 1 amide bonds. The van der Waals surface area contributed by atoms with Crippen molar-refractivity contribution < 1.29 is 9.53 Å². The predicted octanol–water partition coefficient (Wildman–Crippen LogP) is 5.52. The second-order valence-corrected chi connectivity index (χ2v) is 6.98. The third-order valence-corrected chi connectivity index (χ3v) is 5.05. The summed E-state index contributed by atoms with van der Waals surface area (Å²) >= 11 is 6.18. The third kappa shape index (κ3) is 3.77. The fraction of sp³-hybridized carbons (Fsp3) is 0.0870. The Bertz CT molecular complexity index is 1210. The number of nitrogens with one attached hydrogen (secondary N) is 1. The maximum Gasteiger partial charge on any atom is 0.256 e. The number of halogens is 1. The Hall–Kier alpha value is -3.44. The van der Waals surface area contributed by atoms with E-state index < -0.39 is 0 Å². The van der Waals surface area contributed by atoms with E-state index in [0.29, 0.717) is 27.7 Å². The molecule has 144 valence electrons. The minimum absolute atomic E-state index is 0.256. The fourth-order valence-electron chi connectivity index (χ4n) is 3.14. The molecule has 6 heteroatoms. The lowest BCUT2D eigenvalue weighted by Crippen LogP contribution is -2.14. The Morgan fingerprint density at radius 1 is 1.10 bits per heavy atom. The summed E-state index contributed by atoms with van der Waals surface area (Å²) in [5, 5.41) is 4.29. The molecule has 0 bridgehead atoms. The number of benzene rings is 2. The number of methoxy groups -OCH3 is 1. The summed E-state index contributed by atoms with van der Waals surface area (Å²) < 4.78 is 5.38. The normalized spacial score (nSPS) is 10.7. The Morgan fingerprint density at radius 2 is 1.93 bits per heavy atom. The molecule has 2 aromatic carbocycles. The van der Waals surface area contributed by atoms with Crippen molar-refractivity contribution in [2.24, 2.45) is 0 Å². The molecule has 29 heavy (non-hydrogen) atoms. The molecule has 0 atom stereocenters. The van der Waals surface area contributed by atoms with Crippen molar-refractivity contribution in [1.82, 2.24) is 9.97 Å². The molecule has 0 saturated heterocycles. The van der Waals surface area contributed by atoms with Crippen LogP contribution in [0.15, 0.2) is 67.0 Å². The quantitative estimate of drug-likeness (QED) is 0.487. The number of aromatic nitrogens is 2. The summed E-state index contributed by atoms with van der Waals surface area (Å²) in [5.41, 5.74) is 4.18. The first-order valence-corrected chi connectivity index (χ1v) is 9.40. The van der Waals surface area contributed by atoms with Gasteiger partial charge in [-0.2, -0.15) is 0 Å². The Morgan fingerprint density at radius 3 is 2.69 bits per heavy atom. The molecule has 0 fully saturated rings. The highest BCUT2D eigenvalue weighted by molar-refractivity contribution is 6.31. The zero-order chi connectivity index (χ0) is 20.4. The molecule has 0 unspecified atom stereocenters. The van der Waals surface area contributed by atoms with E-state index in [9.17, 15) is 4.79 Å². The Balaban J connectivity index is 1.81. The summed E-state index contributed by atoms with van der Waals surface area (Å²) in [5.74, 6) is 0.244. The fourth-order valence-corrected chi connectivity index (χ4v) is 3.30. The van der Waals surface area contributed by atoms with Gasteiger partial charge >= 0.3 is 0 Å². The van der Waals surface area contributed by atoms with Gasteiger partial charge in [0.2, 0.25) is 0 Å². The standard InChI is InChI=1S/C23H18ClN3O2/c1-14-10-21(22(29-2)12-18(14)24)27-23(28)17-11-20(15-6-5-9-25-13-15)26-19-8-4-3-7-16(17)19/h3-13H,1-2H3,(H,27,28). The second kappa shape index (κ2) is 7.89. The van der Waals surface area contributed by atoms with Crippen LogP contribution in [0.3, 0.4) is 0 Å². The number of fused-ring (bicyclic) bond motifs is 1. The van der Waals surface area contributed by atoms with Gasteiger partial charge in [-0.1, -0.05) is 29.8 Å². The maximum absolute atomic E-state index is 13.2. The Kier molecular flexibility index (Phi) is 5.14. The lowest BCUT2D eigenvalue weighted by atomic mass is 10.0. The van der Waals surface area contributed by atoms with Crippen molar-refractivity contribution in [2.45, 2.75) is 6.92 Å². The number of amides is 1. The molecule has 0 radical (unpaired) electrons. The van der Waals surface area contributed by atoms with Crippen LogP contribution in [0.1, 0.15) is 15.9 Å². The SMILES string of the molecule is COc1cc(Cl)c(C)cc1NC(=O)c1cc(-c2cccnc2)nc2ccccc12. The van der Waals surface area contributed by atoms with Gasteiger partial charge in [-0.25, -0.2) is 4.98 Å². The molecule has 0 spiro atoms. The molecule has 1 N–H and O–H groups in total. The van der Waals surface area contributed by atoms with Gasteiger partial charge in [0.15, 0.2) is 0 Å². The zero-order valence-electron chi connectivity index (χ0n) is 15.9. The van der Waals surface area contributed by atoms with E-state index in [2.05, 4.69) is 10.3 Å². The number of hydrogen-bond acceptors (Lipinski definition) is 4. The molecule has 2 aromatic heterocycles. The number of anilines is 1. The van der Waals surface area contributed by atoms with Crippen molar-refractivity contribution in [3.8, 4) is 17.0 Å². The number of rotatable bonds is 4. The van der Waals surface area contributed by atoms with E-state index in [1.807, 2.05) is 43.3 Å². The maximum atomic E-state index is 13.2. The van der Waals surface area contributed by atoms with Gasteiger partial charge < -0.3 is 10.1 Å². The van der Waals surface area contributed by atoms with E-state index in [1.165, 1.54) is 0 Å². The molecule has 0 aliphatic rings. The lowest BCUT2D eigenvalue weighted by molar-refractivity contribution is 0.102. The molecule has 4 aromatic rings. The average Bonchev–Trinajstić information content (AvgIpc) is 2.75. The van der Waals surface area contributed by atoms with Crippen LogP contribution < -0.4 is 10.1 Å². The highest BCUT2D eigenvalue weighted by Crippen LogP contribution is 2.32. The number of hydrogen-bond donors (Lipinski definition) is 1. The molecule has 0 aliphatic carbocycles. The van der Waals surface area contributed by atoms with Gasteiger partial charge in [-0.15, -0.1) is 0 Å². The van der Waals surface area contributed by atoms with E-state index in [4.69, 9.17) is 21.3 Å². The summed E-state index contributed by atoms with van der Waals surface area (Å²) in [6.45, 7) is 1.87. The van der Waals surface area contributed by atoms with Crippen LogP contribution in [0, 0.1) is 6.92 Å². The summed E-state index contributed by atoms with van der Waals surface area (Å²) in [7, 11) is 1.54. The van der Waals surface area contributed by atoms with E-state index in [-0.39, 0.29) is 5.91 Å². The minimum Gasteiger partial charge on any atom is -0.495 e. The number of para-hydroxylation sites is 1. The molecule has 0 aliphatic heterocycles. The first-order chi connectivity index (χ1) is 14.1. The van der Waals surface area contributed by atoms with Crippen molar-refractivity contribution in [2.75, 3.05) is 12.4 Å². The van der Waals surface area contributed by atoms with Crippen LogP contribution >= 0.6 is 11.6 Å². The largest absolute Gasteiger partial charge is 0.495 e. The third-order valence-electron chi connectivity index (χ3n) is 4.65. The van der Waals surface area contributed by atoms with E-state index in [1.54, 1.807) is 37.7 Å². The number of nitrogens with zero attached hydrogens (tertiary/aromatic N) is 2. The van der Waals surface area contributed by atoms with Gasteiger partial charge in [0, 0.05) is 34.4 Å². The van der Waals surface area contributed by atoms with Crippen molar-refractivity contribution in [1.29, 1.82) is 0 Å². The first kappa shape index (κ1) is 18.9. The zero-order valence-corrected chi connectivity index (χ0v) is 16.7. The Labute approximate surface area is 173 Å². The number of aryl methyl sites for hydroxylation is 1. The molecular weight excluding hydrogens is 386 g/mol. The summed E-state index contributed by atoms with van der Waals surface area (Å²) in [6, 6.07) is 16.6. The minimum atomic E-state index is -0.256. The number of pyridine rings is 2. The van der Waals surface area contributed by atoms with Gasteiger partial charge in [-0.05, 0) is 42.8 Å². The lowest BCUT2D eigenvalue weighted by Gasteiger charge is -2.14. The summed E-state index contributed by atoms with van der Waals surface area (Å²) in [6.07, 6.45) is 3.43. The number of carbonyl (C=O) groups excluding carboxylic acids is 1. The molecule has 5 nitrogen and oxygen atoms in total. The molecule has 2 heterocycles. The van der Waals surface area contributed by atoms with Crippen LogP contribution in [-0.2, 0) is 0 Å². The molecule has 4 rings (SSSR count). The molecular formula is C23H18ClN3O2. The average molecular weight is 404 g/mol. The summed E-state index contributed by atoms with van der Waals surface area (Å²) in [4.78, 5) is 22.1. The van der Waals surface area contributed by atoms with Crippen molar-refractivity contribution in [3.05, 3.63) is 83.1 Å². The van der Waals surface area contributed by atoms with Gasteiger partial charge in [-0.3, -0.25) is 9.78 Å². The highest BCUT2D eigenvalue weighted by atomic mass is 35.5. The van der Waals surface area contributed by atoms with Crippen LogP contribution in [0.5, 0.6) is 5.75 Å².